The van der Waals surface area contributed by atoms with Gasteiger partial charge in [-0.05, 0) is 35.0 Å². The van der Waals surface area contributed by atoms with E-state index in [1.165, 1.54) is 4.80 Å². The second-order valence-corrected chi connectivity index (χ2v) is 10.5. The van der Waals surface area contributed by atoms with Crippen LogP contribution in [0.2, 0.25) is 0 Å². The Morgan fingerprint density at radius 1 is 1.05 bits per heavy atom. The predicted molar refractivity (Wildman–Crippen MR) is 152 cm³/mol. The lowest BCUT2D eigenvalue weighted by Crippen LogP contribution is -2.50. The van der Waals surface area contributed by atoms with E-state index in [2.05, 4.69) is 42.4 Å². The number of ether oxygens (including phenoxy) is 2. The zero-order valence-electron chi connectivity index (χ0n) is 23.2. The Balaban J connectivity index is 1.05. The topological polar surface area (TPSA) is 125 Å². The van der Waals surface area contributed by atoms with E-state index in [-0.39, 0.29) is 18.1 Å². The third-order valence-electron chi connectivity index (χ3n) is 7.63. The minimum absolute atomic E-state index is 0.0531. The van der Waals surface area contributed by atoms with Gasteiger partial charge in [-0.15, -0.1) is 10.2 Å². The lowest BCUT2D eigenvalue weighted by atomic mass is 10.0. The molecule has 2 aliphatic heterocycles. The highest BCUT2D eigenvalue weighted by Gasteiger charge is 2.31. The van der Waals surface area contributed by atoms with E-state index in [1.54, 1.807) is 25.4 Å². The Morgan fingerprint density at radius 2 is 1.90 bits per heavy atom. The largest absolute Gasteiger partial charge is 0.488 e. The first-order valence-corrected chi connectivity index (χ1v) is 14.0. The Labute approximate surface area is 241 Å². The zero-order valence-corrected chi connectivity index (χ0v) is 23.2. The van der Waals surface area contributed by atoms with E-state index in [0.29, 0.717) is 73.5 Å². The fourth-order valence-electron chi connectivity index (χ4n) is 5.49. The molecule has 12 heteroatoms. The number of hydrogen-bond acceptors (Lipinski definition) is 10. The van der Waals surface area contributed by atoms with E-state index >= 15 is 0 Å². The Kier molecular flexibility index (Phi) is 7.06. The normalized spacial score (nSPS) is 18.4. The summed E-state index contributed by atoms with van der Waals surface area (Å²) in [5.74, 6) is 1.67. The molecule has 12 nitrogen and oxygen atoms in total. The summed E-state index contributed by atoms with van der Waals surface area (Å²) in [7, 11) is 1.76. The number of aryl methyl sites for hydroxylation is 1. The second kappa shape index (κ2) is 11.3. The number of hydrogen-bond donors (Lipinski definition) is 0. The molecular weight excluding hydrogens is 536 g/mol. The van der Waals surface area contributed by atoms with Gasteiger partial charge < -0.3 is 18.8 Å². The number of piperazine rings is 1. The van der Waals surface area contributed by atoms with Gasteiger partial charge in [0.05, 0.1) is 26.3 Å². The van der Waals surface area contributed by atoms with Crippen LogP contribution in [0, 0.1) is 0 Å². The minimum atomic E-state index is -0.143. The van der Waals surface area contributed by atoms with Gasteiger partial charge in [0.15, 0.2) is 11.4 Å². The molecule has 0 aliphatic carbocycles. The molecule has 2 atom stereocenters. The molecule has 2 saturated heterocycles. The van der Waals surface area contributed by atoms with Gasteiger partial charge in [-0.2, -0.15) is 4.80 Å². The standard InChI is InChI=1S/C30H30N8O4/c1-36-34-28(33-35-36)27(20-5-3-2-4-6-20)37-12-14-38(15-13-37)30(39)25-17-21(9-11-31-25)29-32-24-18-22(7-8-26(24)42-29)41-23-10-16-40-19-23/h2-9,11,17-18,23,27H,10,12-16,19H2,1H3/t23-,27?/m0/s1. The van der Waals surface area contributed by atoms with Crippen molar-refractivity contribution in [2.75, 3.05) is 39.4 Å². The number of oxazole rings is 1. The van der Waals surface area contributed by atoms with Crippen molar-refractivity contribution in [1.82, 2.24) is 40.0 Å². The number of amides is 1. The number of nitrogens with zero attached hydrogens (tertiary/aromatic N) is 8. The summed E-state index contributed by atoms with van der Waals surface area (Å²) in [6, 6.07) is 19.1. The first kappa shape index (κ1) is 26.2. The number of benzene rings is 2. The molecule has 0 radical (unpaired) electrons. The number of fused-ring (bicyclic) bond motifs is 1. The van der Waals surface area contributed by atoms with Crippen LogP contribution in [0.15, 0.2) is 71.3 Å². The molecule has 7 rings (SSSR count). The van der Waals surface area contributed by atoms with E-state index in [0.717, 1.165) is 17.7 Å². The molecule has 1 unspecified atom stereocenters. The van der Waals surface area contributed by atoms with Crippen LogP contribution < -0.4 is 4.74 Å². The Morgan fingerprint density at radius 3 is 2.67 bits per heavy atom. The molecule has 42 heavy (non-hydrogen) atoms. The van der Waals surface area contributed by atoms with E-state index in [1.807, 2.05) is 41.3 Å². The lowest BCUT2D eigenvalue weighted by molar-refractivity contribution is 0.0586. The highest BCUT2D eigenvalue weighted by atomic mass is 16.5. The molecular formula is C30H30N8O4. The van der Waals surface area contributed by atoms with E-state index in [4.69, 9.17) is 13.9 Å². The van der Waals surface area contributed by atoms with E-state index < -0.39 is 0 Å². The monoisotopic (exact) mass is 566 g/mol. The van der Waals surface area contributed by atoms with Crippen molar-refractivity contribution in [3.05, 3.63) is 83.9 Å². The van der Waals surface area contributed by atoms with Crippen LogP contribution in [0.1, 0.15) is 34.3 Å². The first-order chi connectivity index (χ1) is 20.6. The quantitative estimate of drug-likeness (QED) is 0.290. The van der Waals surface area contributed by atoms with Crippen molar-refractivity contribution in [2.24, 2.45) is 7.05 Å². The molecule has 5 aromatic rings. The molecule has 3 aromatic heterocycles. The van der Waals surface area contributed by atoms with Gasteiger partial charge in [-0.3, -0.25) is 14.7 Å². The maximum atomic E-state index is 13.5. The summed E-state index contributed by atoms with van der Waals surface area (Å²) in [6.45, 7) is 3.72. The van der Waals surface area contributed by atoms with Gasteiger partial charge in [0, 0.05) is 50.4 Å². The zero-order chi connectivity index (χ0) is 28.5. The number of aromatic nitrogens is 6. The predicted octanol–water partition coefficient (Wildman–Crippen LogP) is 3.13. The average Bonchev–Trinajstić information content (AvgIpc) is 3.80. The molecule has 1 amide bonds. The number of tetrazole rings is 1. The molecule has 0 saturated carbocycles. The smallest absolute Gasteiger partial charge is 0.272 e. The lowest BCUT2D eigenvalue weighted by Gasteiger charge is -2.38. The number of carbonyl (C=O) groups excluding carboxylic acids is 1. The summed E-state index contributed by atoms with van der Waals surface area (Å²) in [6.07, 6.45) is 2.54. The fourth-order valence-corrected chi connectivity index (χ4v) is 5.49. The highest BCUT2D eigenvalue weighted by molar-refractivity contribution is 5.93. The van der Waals surface area contributed by atoms with Gasteiger partial charge in [0.25, 0.3) is 5.91 Å². The SMILES string of the molecule is Cn1nnc(C(c2ccccc2)N2CCN(C(=O)c3cc(-c4nc5cc(O[C@H]6CCOC6)ccc5o4)ccn3)CC2)n1. The van der Waals surface area contributed by atoms with Crippen LogP contribution in [0.5, 0.6) is 5.75 Å². The average molecular weight is 567 g/mol. The van der Waals surface area contributed by atoms with Gasteiger partial charge in [0.2, 0.25) is 5.89 Å². The summed E-state index contributed by atoms with van der Waals surface area (Å²) in [4.78, 5) is 28.1. The summed E-state index contributed by atoms with van der Waals surface area (Å²) in [5, 5.41) is 12.8. The minimum Gasteiger partial charge on any atom is -0.488 e. The maximum Gasteiger partial charge on any atom is 0.272 e. The third kappa shape index (κ3) is 5.33. The molecule has 5 heterocycles. The van der Waals surface area contributed by atoms with Crippen LogP contribution >= 0.6 is 0 Å². The molecule has 0 bridgehead atoms. The molecule has 0 spiro atoms. The Hall–Kier alpha value is -4.68. The van der Waals surface area contributed by atoms with Crippen molar-refractivity contribution in [1.29, 1.82) is 0 Å². The van der Waals surface area contributed by atoms with Gasteiger partial charge in [-0.1, -0.05) is 30.3 Å². The van der Waals surface area contributed by atoms with Crippen LogP contribution in [0.4, 0.5) is 0 Å². The summed E-state index contributed by atoms with van der Waals surface area (Å²) in [5.41, 5.74) is 3.46. The van der Waals surface area contributed by atoms with Crippen LogP contribution in [0.25, 0.3) is 22.6 Å². The maximum absolute atomic E-state index is 13.5. The number of carbonyl (C=O) groups is 1. The van der Waals surface area contributed by atoms with Crippen molar-refractivity contribution in [3.63, 3.8) is 0 Å². The van der Waals surface area contributed by atoms with Crippen molar-refractivity contribution >= 4 is 17.0 Å². The Bertz CT molecular complexity index is 1690. The fraction of sp³-hybridized carbons (Fsp3) is 0.333. The third-order valence-corrected chi connectivity index (χ3v) is 7.63. The number of pyridine rings is 1. The van der Waals surface area contributed by atoms with E-state index in [9.17, 15) is 4.79 Å². The molecule has 2 aliphatic rings. The van der Waals surface area contributed by atoms with Gasteiger partial charge in [0.1, 0.15) is 23.1 Å². The summed E-state index contributed by atoms with van der Waals surface area (Å²) < 4.78 is 17.4. The van der Waals surface area contributed by atoms with Crippen molar-refractivity contribution in [2.45, 2.75) is 18.6 Å². The molecule has 2 fully saturated rings. The van der Waals surface area contributed by atoms with Crippen LogP contribution in [0.3, 0.4) is 0 Å². The highest BCUT2D eigenvalue weighted by Crippen LogP contribution is 2.30. The van der Waals surface area contributed by atoms with Gasteiger partial charge >= 0.3 is 0 Å². The van der Waals surface area contributed by atoms with Crippen LogP contribution in [-0.4, -0.2) is 91.4 Å². The number of rotatable bonds is 7. The van der Waals surface area contributed by atoms with Crippen molar-refractivity contribution in [3.8, 4) is 17.2 Å². The van der Waals surface area contributed by atoms with Gasteiger partial charge in [-0.25, -0.2) is 4.98 Å². The van der Waals surface area contributed by atoms with Crippen molar-refractivity contribution < 1.29 is 18.7 Å². The molecule has 0 N–H and O–H groups in total. The summed E-state index contributed by atoms with van der Waals surface area (Å²) >= 11 is 0. The van der Waals surface area contributed by atoms with Crippen LogP contribution in [-0.2, 0) is 11.8 Å². The molecule has 2 aromatic carbocycles. The molecule has 214 valence electrons. The second-order valence-electron chi connectivity index (χ2n) is 10.5. The first-order valence-electron chi connectivity index (χ1n) is 14.0.